The van der Waals surface area contributed by atoms with Crippen LogP contribution in [0.4, 0.5) is 16.3 Å². The molecule has 0 spiro atoms. The Morgan fingerprint density at radius 1 is 1.25 bits per heavy atom. The third-order valence-corrected chi connectivity index (χ3v) is 5.35. The molecule has 1 saturated heterocycles. The summed E-state index contributed by atoms with van der Waals surface area (Å²) in [5, 5.41) is 10.1. The van der Waals surface area contributed by atoms with Crippen LogP contribution in [0, 0.1) is 0 Å². The molecule has 150 valence electrons. The van der Waals surface area contributed by atoms with Crippen LogP contribution in [-0.4, -0.2) is 47.5 Å². The van der Waals surface area contributed by atoms with Crippen LogP contribution in [0.1, 0.15) is 44.3 Å². The summed E-state index contributed by atoms with van der Waals surface area (Å²) in [6.45, 7) is 5.04. The van der Waals surface area contributed by atoms with Crippen LogP contribution in [-0.2, 0) is 16.7 Å². The average molecular weight is 386 g/mol. The highest BCUT2D eigenvalue weighted by Gasteiger charge is 2.41. The zero-order valence-electron chi connectivity index (χ0n) is 16.1. The summed E-state index contributed by atoms with van der Waals surface area (Å²) < 4.78 is 10.6. The normalized spacial score (nSPS) is 18.8. The molecular formula is C19H26N6O3. The predicted octanol–water partition coefficient (Wildman–Crippen LogP) is 2.45. The molecule has 0 radical (unpaired) electrons. The first-order valence-electron chi connectivity index (χ1n) is 9.89. The predicted molar refractivity (Wildman–Crippen MR) is 103 cm³/mol. The minimum Gasteiger partial charge on any atom is -0.378 e. The monoisotopic (exact) mass is 386 g/mol. The first kappa shape index (κ1) is 18.7. The van der Waals surface area contributed by atoms with Crippen LogP contribution < -0.4 is 15.5 Å². The first-order chi connectivity index (χ1) is 13.7. The first-order valence-corrected chi connectivity index (χ1v) is 9.89. The summed E-state index contributed by atoms with van der Waals surface area (Å²) in [5.74, 6) is 2.05. The SMILES string of the molecule is CCc1nc(C2(NC(=O)Nc3ccc(N4CCOCC4)nc3)CCCC2)no1. The van der Waals surface area contributed by atoms with Crippen LogP contribution >= 0.6 is 0 Å². The number of aromatic nitrogens is 3. The maximum atomic E-state index is 12.6. The number of pyridine rings is 1. The fourth-order valence-electron chi connectivity index (χ4n) is 3.80. The molecule has 9 heteroatoms. The summed E-state index contributed by atoms with van der Waals surface area (Å²) in [4.78, 5) is 23.7. The quantitative estimate of drug-likeness (QED) is 0.813. The molecular weight excluding hydrogens is 360 g/mol. The molecule has 28 heavy (non-hydrogen) atoms. The Labute approximate surface area is 163 Å². The van der Waals surface area contributed by atoms with E-state index in [2.05, 4.69) is 30.7 Å². The van der Waals surface area contributed by atoms with Gasteiger partial charge in [-0.2, -0.15) is 4.98 Å². The Bertz CT molecular complexity index is 794. The lowest BCUT2D eigenvalue weighted by molar-refractivity contribution is 0.122. The Balaban J connectivity index is 1.41. The van der Waals surface area contributed by atoms with E-state index in [0.29, 0.717) is 37.0 Å². The van der Waals surface area contributed by atoms with E-state index in [1.54, 1.807) is 6.20 Å². The Morgan fingerprint density at radius 3 is 2.68 bits per heavy atom. The van der Waals surface area contributed by atoms with Gasteiger partial charge in [-0.3, -0.25) is 0 Å². The van der Waals surface area contributed by atoms with Crippen molar-refractivity contribution >= 4 is 17.5 Å². The molecule has 2 aromatic rings. The van der Waals surface area contributed by atoms with Crippen LogP contribution in [0.15, 0.2) is 22.9 Å². The summed E-state index contributed by atoms with van der Waals surface area (Å²) in [7, 11) is 0. The van der Waals surface area contributed by atoms with Crippen molar-refractivity contribution < 1.29 is 14.1 Å². The number of carbonyl (C=O) groups excluding carboxylic acids is 1. The maximum absolute atomic E-state index is 12.6. The lowest BCUT2D eigenvalue weighted by Gasteiger charge is -2.28. The van der Waals surface area contributed by atoms with Crippen molar-refractivity contribution in [3.05, 3.63) is 30.0 Å². The Morgan fingerprint density at radius 2 is 2.04 bits per heavy atom. The molecule has 3 heterocycles. The molecule has 4 rings (SSSR count). The van der Waals surface area contributed by atoms with Gasteiger partial charge in [-0.1, -0.05) is 24.9 Å². The maximum Gasteiger partial charge on any atom is 0.320 e. The van der Waals surface area contributed by atoms with Gasteiger partial charge in [-0.25, -0.2) is 9.78 Å². The molecule has 2 N–H and O–H groups in total. The van der Waals surface area contributed by atoms with Crippen molar-refractivity contribution in [2.45, 2.75) is 44.6 Å². The van der Waals surface area contributed by atoms with E-state index >= 15 is 0 Å². The largest absolute Gasteiger partial charge is 0.378 e. The highest BCUT2D eigenvalue weighted by atomic mass is 16.5. The number of hydrogen-bond acceptors (Lipinski definition) is 7. The van der Waals surface area contributed by atoms with Crippen molar-refractivity contribution in [3.8, 4) is 0 Å². The van der Waals surface area contributed by atoms with Crippen molar-refractivity contribution in [1.29, 1.82) is 0 Å². The van der Waals surface area contributed by atoms with Gasteiger partial charge in [0.05, 0.1) is 25.1 Å². The topological polar surface area (TPSA) is 105 Å². The minimum absolute atomic E-state index is 0.286. The van der Waals surface area contributed by atoms with Crippen molar-refractivity contribution in [1.82, 2.24) is 20.4 Å². The number of ether oxygens (including phenoxy) is 1. The summed E-state index contributed by atoms with van der Waals surface area (Å²) in [6.07, 6.45) is 6.00. The molecule has 9 nitrogen and oxygen atoms in total. The van der Waals surface area contributed by atoms with E-state index in [9.17, 15) is 4.79 Å². The highest BCUT2D eigenvalue weighted by Crippen LogP contribution is 2.37. The third kappa shape index (κ3) is 3.94. The number of morpholine rings is 1. The number of anilines is 2. The van der Waals surface area contributed by atoms with Gasteiger partial charge in [0.15, 0.2) is 5.82 Å². The van der Waals surface area contributed by atoms with Gasteiger partial charge in [0, 0.05) is 19.5 Å². The summed E-state index contributed by atoms with van der Waals surface area (Å²) >= 11 is 0. The van der Waals surface area contributed by atoms with Gasteiger partial charge in [-0.05, 0) is 25.0 Å². The molecule has 2 aliphatic rings. The molecule has 0 aromatic carbocycles. The zero-order valence-corrected chi connectivity index (χ0v) is 16.1. The molecule has 2 fully saturated rings. The van der Waals surface area contributed by atoms with Gasteiger partial charge < -0.3 is 24.8 Å². The van der Waals surface area contributed by atoms with Gasteiger partial charge in [-0.15, -0.1) is 0 Å². The molecule has 0 unspecified atom stereocenters. The summed E-state index contributed by atoms with van der Waals surface area (Å²) in [5.41, 5.74) is 0.0762. The number of nitrogens with one attached hydrogen (secondary N) is 2. The fourth-order valence-corrected chi connectivity index (χ4v) is 3.80. The second-order valence-corrected chi connectivity index (χ2v) is 7.24. The van der Waals surface area contributed by atoms with Gasteiger partial charge in [0.2, 0.25) is 5.89 Å². The number of amides is 2. The third-order valence-electron chi connectivity index (χ3n) is 5.35. The number of rotatable bonds is 5. The number of carbonyl (C=O) groups is 1. The van der Waals surface area contributed by atoms with E-state index in [1.165, 1.54) is 0 Å². The average Bonchev–Trinajstić information content (AvgIpc) is 3.39. The zero-order chi connectivity index (χ0) is 19.4. The second kappa shape index (κ2) is 8.14. The van der Waals surface area contributed by atoms with Crippen LogP contribution in [0.5, 0.6) is 0 Å². The van der Waals surface area contributed by atoms with Gasteiger partial charge in [0.1, 0.15) is 11.4 Å². The standard InChI is InChI=1S/C19H26N6O3/c1-2-16-22-17(24-28-16)19(7-3-4-8-19)23-18(26)21-14-5-6-15(20-13-14)25-9-11-27-12-10-25/h5-6,13H,2-4,7-12H2,1H3,(H2,21,23,26). The highest BCUT2D eigenvalue weighted by molar-refractivity contribution is 5.89. The lowest BCUT2D eigenvalue weighted by atomic mass is 9.97. The molecule has 0 atom stereocenters. The molecule has 1 saturated carbocycles. The Hall–Kier alpha value is -2.68. The molecule has 1 aliphatic carbocycles. The molecule has 2 amide bonds. The van der Waals surface area contributed by atoms with Crippen LogP contribution in [0.25, 0.3) is 0 Å². The number of hydrogen-bond donors (Lipinski definition) is 2. The van der Waals surface area contributed by atoms with E-state index < -0.39 is 5.54 Å². The smallest absolute Gasteiger partial charge is 0.320 e. The van der Waals surface area contributed by atoms with Crippen molar-refractivity contribution in [3.63, 3.8) is 0 Å². The summed E-state index contributed by atoms with van der Waals surface area (Å²) in [6, 6.07) is 3.49. The van der Waals surface area contributed by atoms with Gasteiger partial charge >= 0.3 is 6.03 Å². The lowest BCUT2D eigenvalue weighted by Crippen LogP contribution is -2.46. The van der Waals surface area contributed by atoms with E-state index in [1.807, 2.05) is 19.1 Å². The van der Waals surface area contributed by atoms with Crippen molar-refractivity contribution in [2.24, 2.45) is 0 Å². The Kier molecular flexibility index (Phi) is 5.43. The fraction of sp³-hybridized carbons (Fsp3) is 0.579. The van der Waals surface area contributed by atoms with Gasteiger partial charge in [0.25, 0.3) is 0 Å². The number of urea groups is 1. The van der Waals surface area contributed by atoms with Crippen LogP contribution in [0.2, 0.25) is 0 Å². The van der Waals surface area contributed by atoms with Crippen molar-refractivity contribution in [2.75, 3.05) is 36.5 Å². The second-order valence-electron chi connectivity index (χ2n) is 7.24. The van der Waals surface area contributed by atoms with E-state index in [0.717, 1.165) is 44.6 Å². The molecule has 1 aliphatic heterocycles. The minimum atomic E-state index is -0.567. The van der Waals surface area contributed by atoms with E-state index in [-0.39, 0.29) is 6.03 Å². The number of aryl methyl sites for hydroxylation is 1. The van der Waals surface area contributed by atoms with E-state index in [4.69, 9.17) is 9.26 Å². The number of nitrogens with zero attached hydrogens (tertiary/aromatic N) is 4. The molecule has 0 bridgehead atoms. The molecule has 2 aromatic heterocycles. The van der Waals surface area contributed by atoms with Crippen LogP contribution in [0.3, 0.4) is 0 Å².